The molecule has 2 aromatic carbocycles. The van der Waals surface area contributed by atoms with Crippen LogP contribution < -0.4 is 10.5 Å². The van der Waals surface area contributed by atoms with Crippen LogP contribution in [0, 0.1) is 0 Å². The number of rotatable bonds is 6. The summed E-state index contributed by atoms with van der Waals surface area (Å²) >= 11 is 0. The molecule has 0 unspecified atom stereocenters. The summed E-state index contributed by atoms with van der Waals surface area (Å²) in [7, 11) is -3.73. The number of ether oxygens (including phenoxy) is 1. The van der Waals surface area contributed by atoms with Gasteiger partial charge in [0.2, 0.25) is 10.0 Å². The first-order chi connectivity index (χ1) is 13.9. The van der Waals surface area contributed by atoms with Crippen LogP contribution in [0.15, 0.2) is 58.5 Å². The Labute approximate surface area is 167 Å². The SMILES string of the molecule is O=C(N/N=C\c1ccccc1C(=O)[O-])c1cccc(S(=O)(=O)N2CCOCC2)c1. The summed E-state index contributed by atoms with van der Waals surface area (Å²) < 4.78 is 31.9. The van der Waals surface area contributed by atoms with Crippen LogP contribution in [0.5, 0.6) is 0 Å². The zero-order valence-corrected chi connectivity index (χ0v) is 16.1. The van der Waals surface area contributed by atoms with E-state index in [1.165, 1.54) is 46.9 Å². The van der Waals surface area contributed by atoms with Crippen LogP contribution in [-0.2, 0) is 14.8 Å². The lowest BCUT2D eigenvalue weighted by atomic mass is 10.1. The molecule has 1 aliphatic heterocycles. The van der Waals surface area contributed by atoms with E-state index in [0.29, 0.717) is 13.2 Å². The molecule has 1 aliphatic rings. The number of carboxylic acid groups (broad SMARTS) is 1. The summed E-state index contributed by atoms with van der Waals surface area (Å²) in [6, 6.07) is 11.6. The zero-order chi connectivity index (χ0) is 20.9. The molecule has 1 heterocycles. The van der Waals surface area contributed by atoms with Crippen molar-refractivity contribution in [2.24, 2.45) is 5.10 Å². The van der Waals surface area contributed by atoms with Gasteiger partial charge in [-0.1, -0.05) is 30.3 Å². The van der Waals surface area contributed by atoms with E-state index in [2.05, 4.69) is 10.5 Å². The topological polar surface area (TPSA) is 128 Å². The summed E-state index contributed by atoms with van der Waals surface area (Å²) in [5, 5.41) is 14.8. The van der Waals surface area contributed by atoms with Crippen LogP contribution in [0.2, 0.25) is 0 Å². The van der Waals surface area contributed by atoms with Crippen LogP contribution >= 0.6 is 0 Å². The van der Waals surface area contributed by atoms with Crippen LogP contribution in [0.25, 0.3) is 0 Å². The molecule has 2 aromatic rings. The fourth-order valence-electron chi connectivity index (χ4n) is 2.75. The lowest BCUT2D eigenvalue weighted by molar-refractivity contribution is -0.255. The smallest absolute Gasteiger partial charge is 0.271 e. The summed E-state index contributed by atoms with van der Waals surface area (Å²) in [5.41, 5.74) is 2.56. The Morgan fingerprint density at radius 3 is 2.55 bits per heavy atom. The van der Waals surface area contributed by atoms with Gasteiger partial charge in [0.25, 0.3) is 5.91 Å². The van der Waals surface area contributed by atoms with E-state index >= 15 is 0 Å². The molecule has 29 heavy (non-hydrogen) atoms. The largest absolute Gasteiger partial charge is 0.545 e. The third-order valence-electron chi connectivity index (χ3n) is 4.25. The standard InChI is InChI=1S/C19H19N3O6S/c23-18(21-20-13-15-4-1-2-7-17(15)19(24)25)14-5-3-6-16(12-14)29(26,27)22-8-10-28-11-9-22/h1-7,12-13H,8-11H2,(H,21,23)(H,24,25)/p-1/b20-13-. The van der Waals surface area contributed by atoms with Crippen LogP contribution in [0.1, 0.15) is 26.3 Å². The highest BCUT2D eigenvalue weighted by Gasteiger charge is 2.26. The highest BCUT2D eigenvalue weighted by atomic mass is 32.2. The second-order valence-corrected chi connectivity index (χ2v) is 8.06. The number of benzene rings is 2. The molecule has 1 amide bonds. The fourth-order valence-corrected chi connectivity index (χ4v) is 4.21. The van der Waals surface area contributed by atoms with Crippen molar-refractivity contribution < 1.29 is 27.9 Å². The number of carboxylic acids is 1. The molecule has 152 valence electrons. The lowest BCUT2D eigenvalue weighted by Gasteiger charge is -2.26. The Kier molecular flexibility index (Phi) is 6.37. The van der Waals surface area contributed by atoms with Crippen molar-refractivity contribution in [1.29, 1.82) is 0 Å². The molecule has 0 aromatic heterocycles. The molecule has 0 saturated carbocycles. The first-order valence-electron chi connectivity index (χ1n) is 8.71. The molecule has 1 saturated heterocycles. The van der Waals surface area contributed by atoms with Gasteiger partial charge in [-0.3, -0.25) is 4.79 Å². The number of morpholine rings is 1. The minimum absolute atomic E-state index is 0.00155. The molecule has 10 heteroatoms. The molecule has 0 radical (unpaired) electrons. The number of hydrogen-bond donors (Lipinski definition) is 1. The maximum Gasteiger partial charge on any atom is 0.271 e. The molecule has 3 rings (SSSR count). The van der Waals surface area contributed by atoms with Gasteiger partial charge in [-0.2, -0.15) is 9.41 Å². The highest BCUT2D eigenvalue weighted by molar-refractivity contribution is 7.89. The predicted molar refractivity (Wildman–Crippen MR) is 102 cm³/mol. The molecule has 0 aliphatic carbocycles. The number of hydrazone groups is 1. The van der Waals surface area contributed by atoms with Gasteiger partial charge < -0.3 is 14.6 Å². The monoisotopic (exact) mass is 416 g/mol. The van der Waals surface area contributed by atoms with Gasteiger partial charge in [-0.05, 0) is 18.2 Å². The quantitative estimate of drug-likeness (QED) is 0.515. The average molecular weight is 416 g/mol. The van der Waals surface area contributed by atoms with E-state index in [-0.39, 0.29) is 34.7 Å². The second kappa shape index (κ2) is 8.95. The van der Waals surface area contributed by atoms with Gasteiger partial charge in [0.05, 0.1) is 30.3 Å². The Hall–Kier alpha value is -3.08. The second-order valence-electron chi connectivity index (χ2n) is 6.12. The number of hydrogen-bond acceptors (Lipinski definition) is 7. The van der Waals surface area contributed by atoms with Crippen molar-refractivity contribution in [1.82, 2.24) is 9.73 Å². The maximum atomic E-state index is 12.7. The summed E-state index contributed by atoms with van der Waals surface area (Å²) in [5.74, 6) is -1.99. The van der Waals surface area contributed by atoms with Crippen LogP contribution in [0.4, 0.5) is 0 Å². The van der Waals surface area contributed by atoms with Gasteiger partial charge in [-0.15, -0.1) is 0 Å². The maximum absolute atomic E-state index is 12.7. The Morgan fingerprint density at radius 1 is 1.10 bits per heavy atom. The van der Waals surface area contributed by atoms with Crippen molar-refractivity contribution in [3.05, 3.63) is 65.2 Å². The number of carbonyl (C=O) groups is 2. The molecule has 0 bridgehead atoms. The average Bonchev–Trinajstić information content (AvgIpc) is 2.74. The molecule has 1 fully saturated rings. The lowest BCUT2D eigenvalue weighted by Crippen LogP contribution is -2.40. The molecular formula is C19H18N3O6S-. The van der Waals surface area contributed by atoms with E-state index in [1.807, 2.05) is 0 Å². The summed E-state index contributed by atoms with van der Waals surface area (Å²) in [6.07, 6.45) is 1.18. The Bertz CT molecular complexity index is 1050. The van der Waals surface area contributed by atoms with Crippen molar-refractivity contribution in [3.63, 3.8) is 0 Å². The number of aromatic carboxylic acids is 1. The third-order valence-corrected chi connectivity index (χ3v) is 6.15. The first-order valence-corrected chi connectivity index (χ1v) is 10.2. The van der Waals surface area contributed by atoms with E-state index < -0.39 is 21.9 Å². The van der Waals surface area contributed by atoms with Gasteiger partial charge in [0, 0.05) is 29.8 Å². The fraction of sp³-hybridized carbons (Fsp3) is 0.211. The molecular weight excluding hydrogens is 398 g/mol. The number of sulfonamides is 1. The number of carbonyl (C=O) groups excluding carboxylic acids is 2. The zero-order valence-electron chi connectivity index (χ0n) is 15.3. The van der Waals surface area contributed by atoms with E-state index in [9.17, 15) is 23.1 Å². The molecule has 0 atom stereocenters. The van der Waals surface area contributed by atoms with Gasteiger partial charge >= 0.3 is 0 Å². The predicted octanol–water partition coefficient (Wildman–Crippen LogP) is -0.165. The van der Waals surface area contributed by atoms with Crippen molar-refractivity contribution in [2.45, 2.75) is 4.90 Å². The Balaban J connectivity index is 1.74. The van der Waals surface area contributed by atoms with Crippen molar-refractivity contribution >= 4 is 28.1 Å². The molecule has 1 N–H and O–H groups in total. The number of amides is 1. The Morgan fingerprint density at radius 2 is 1.83 bits per heavy atom. The summed E-state index contributed by atoms with van der Waals surface area (Å²) in [4.78, 5) is 23.4. The van der Waals surface area contributed by atoms with Crippen molar-refractivity contribution in [2.75, 3.05) is 26.3 Å². The van der Waals surface area contributed by atoms with Gasteiger partial charge in [0.1, 0.15) is 0 Å². The normalized spacial score (nSPS) is 15.3. The minimum atomic E-state index is -3.73. The number of nitrogens with zero attached hydrogens (tertiary/aromatic N) is 2. The van der Waals surface area contributed by atoms with E-state index in [4.69, 9.17) is 4.74 Å². The third kappa shape index (κ3) is 4.86. The number of nitrogens with one attached hydrogen (secondary N) is 1. The van der Waals surface area contributed by atoms with E-state index in [1.54, 1.807) is 12.1 Å². The van der Waals surface area contributed by atoms with Crippen LogP contribution in [0.3, 0.4) is 0 Å². The first kappa shape index (κ1) is 20.6. The highest BCUT2D eigenvalue weighted by Crippen LogP contribution is 2.18. The molecule has 9 nitrogen and oxygen atoms in total. The van der Waals surface area contributed by atoms with Crippen molar-refractivity contribution in [3.8, 4) is 0 Å². The summed E-state index contributed by atoms with van der Waals surface area (Å²) in [6.45, 7) is 1.14. The molecule has 0 spiro atoms. The minimum Gasteiger partial charge on any atom is -0.545 e. The van der Waals surface area contributed by atoms with Crippen LogP contribution in [-0.4, -0.2) is 57.1 Å². The van der Waals surface area contributed by atoms with Gasteiger partial charge in [-0.25, -0.2) is 13.8 Å². The van der Waals surface area contributed by atoms with Gasteiger partial charge in [0.15, 0.2) is 0 Å². The van der Waals surface area contributed by atoms with E-state index in [0.717, 1.165) is 0 Å².